The van der Waals surface area contributed by atoms with Gasteiger partial charge in [0, 0.05) is 5.57 Å². The molecule has 0 aromatic heterocycles. The van der Waals surface area contributed by atoms with Crippen molar-refractivity contribution < 1.29 is 14.6 Å². The Morgan fingerprint density at radius 1 is 1.31 bits per heavy atom. The highest BCUT2D eigenvalue weighted by Gasteiger charge is 1.99. The van der Waals surface area contributed by atoms with E-state index in [1.54, 1.807) is 6.92 Å². The molecule has 0 aromatic carbocycles. The predicted molar refractivity (Wildman–Crippen MR) is 53.3 cm³/mol. The first-order valence-corrected chi connectivity index (χ1v) is 3.97. The lowest BCUT2D eigenvalue weighted by Crippen LogP contribution is -2.08. The van der Waals surface area contributed by atoms with Gasteiger partial charge in [0.25, 0.3) is 0 Å². The van der Waals surface area contributed by atoms with Crippen LogP contribution in [0.15, 0.2) is 24.3 Å². The normalized spacial score (nSPS) is 8.00. The number of esters is 1. The maximum atomic E-state index is 10.5. The second-order valence-electron chi connectivity index (χ2n) is 2.85. The lowest BCUT2D eigenvalue weighted by molar-refractivity contribution is -0.139. The fourth-order valence-corrected chi connectivity index (χ4v) is 0.262. The van der Waals surface area contributed by atoms with E-state index in [9.17, 15) is 4.79 Å². The number of aliphatic hydroxyl groups excluding tert-OH is 1. The SMILES string of the molecule is C=C(C)C.C=C(C)C(=O)OCCO. The Labute approximate surface area is 79.7 Å². The minimum absolute atomic E-state index is 0.0473. The molecular weight excluding hydrogens is 168 g/mol. The molecule has 0 unspecified atom stereocenters. The molecule has 0 fully saturated rings. The fraction of sp³-hybridized carbons (Fsp3) is 0.500. The third kappa shape index (κ3) is 18.1. The zero-order valence-corrected chi connectivity index (χ0v) is 8.59. The molecule has 0 aliphatic heterocycles. The minimum atomic E-state index is -0.455. The number of hydrogen-bond donors (Lipinski definition) is 1. The van der Waals surface area contributed by atoms with Crippen LogP contribution in [-0.4, -0.2) is 24.3 Å². The molecule has 0 saturated heterocycles. The number of allylic oxidation sites excluding steroid dienone is 1. The Bertz CT molecular complexity index is 179. The number of ether oxygens (including phenoxy) is 1. The van der Waals surface area contributed by atoms with Gasteiger partial charge in [-0.15, -0.1) is 6.58 Å². The van der Waals surface area contributed by atoms with Crippen molar-refractivity contribution in [2.45, 2.75) is 20.8 Å². The summed E-state index contributed by atoms with van der Waals surface area (Å²) in [5, 5.41) is 8.19. The summed E-state index contributed by atoms with van der Waals surface area (Å²) in [6.45, 7) is 12.3. The highest BCUT2D eigenvalue weighted by atomic mass is 16.5. The van der Waals surface area contributed by atoms with Gasteiger partial charge in [0.2, 0.25) is 0 Å². The molecule has 0 aliphatic carbocycles. The summed E-state index contributed by atoms with van der Waals surface area (Å²) in [6, 6.07) is 0. The average Bonchev–Trinajstić information content (AvgIpc) is 1.98. The molecule has 0 aliphatic rings. The van der Waals surface area contributed by atoms with E-state index in [-0.39, 0.29) is 13.2 Å². The number of rotatable bonds is 3. The van der Waals surface area contributed by atoms with Gasteiger partial charge < -0.3 is 9.84 Å². The molecule has 0 rings (SSSR count). The van der Waals surface area contributed by atoms with Crippen molar-refractivity contribution in [1.29, 1.82) is 0 Å². The van der Waals surface area contributed by atoms with E-state index in [0.717, 1.165) is 0 Å². The Morgan fingerprint density at radius 2 is 1.69 bits per heavy atom. The van der Waals surface area contributed by atoms with Crippen molar-refractivity contribution in [3.8, 4) is 0 Å². The van der Waals surface area contributed by atoms with Crippen molar-refractivity contribution in [1.82, 2.24) is 0 Å². The van der Waals surface area contributed by atoms with Crippen LogP contribution >= 0.6 is 0 Å². The van der Waals surface area contributed by atoms with Gasteiger partial charge in [-0.2, -0.15) is 0 Å². The zero-order chi connectivity index (χ0) is 10.9. The predicted octanol–water partition coefficient (Wildman–Crippen LogP) is 1.68. The van der Waals surface area contributed by atoms with Crippen molar-refractivity contribution in [3.05, 3.63) is 24.3 Å². The van der Waals surface area contributed by atoms with Crippen LogP contribution in [0.2, 0.25) is 0 Å². The molecule has 0 spiro atoms. The molecule has 3 heteroatoms. The van der Waals surface area contributed by atoms with Crippen LogP contribution in [0.5, 0.6) is 0 Å². The van der Waals surface area contributed by atoms with E-state index < -0.39 is 5.97 Å². The molecule has 0 saturated carbocycles. The molecule has 0 bridgehead atoms. The van der Waals surface area contributed by atoms with Crippen LogP contribution < -0.4 is 0 Å². The standard InChI is InChI=1S/C6H10O3.C4H8/c1-5(2)6(8)9-4-3-7;1-4(2)3/h7H,1,3-4H2,2H3;1H2,2-3H3. The number of carbonyl (C=O) groups is 1. The first-order valence-electron chi connectivity index (χ1n) is 3.97. The molecule has 0 aromatic rings. The molecular formula is C10H18O3. The maximum Gasteiger partial charge on any atom is 0.333 e. The summed E-state index contributed by atoms with van der Waals surface area (Å²) < 4.78 is 4.46. The second-order valence-corrected chi connectivity index (χ2v) is 2.85. The van der Waals surface area contributed by atoms with Crippen LogP contribution in [0.25, 0.3) is 0 Å². The zero-order valence-electron chi connectivity index (χ0n) is 8.59. The monoisotopic (exact) mass is 186 g/mol. The maximum absolute atomic E-state index is 10.5. The highest BCUT2D eigenvalue weighted by Crippen LogP contribution is 1.89. The van der Waals surface area contributed by atoms with Gasteiger partial charge in [-0.3, -0.25) is 0 Å². The quantitative estimate of drug-likeness (QED) is 0.414. The van der Waals surface area contributed by atoms with Crippen molar-refractivity contribution in [2.24, 2.45) is 0 Å². The van der Waals surface area contributed by atoms with E-state index in [2.05, 4.69) is 17.9 Å². The summed E-state index contributed by atoms with van der Waals surface area (Å²) in [5.41, 5.74) is 1.52. The molecule has 76 valence electrons. The third-order valence-electron chi connectivity index (χ3n) is 0.673. The van der Waals surface area contributed by atoms with E-state index in [1.807, 2.05) is 13.8 Å². The van der Waals surface area contributed by atoms with Crippen LogP contribution in [0.1, 0.15) is 20.8 Å². The Kier molecular flexibility index (Phi) is 10.00. The van der Waals surface area contributed by atoms with Crippen molar-refractivity contribution in [2.75, 3.05) is 13.2 Å². The molecule has 3 nitrogen and oxygen atoms in total. The number of carbonyl (C=O) groups excluding carboxylic acids is 1. The van der Waals surface area contributed by atoms with Crippen molar-refractivity contribution in [3.63, 3.8) is 0 Å². The van der Waals surface area contributed by atoms with Crippen LogP contribution in [0.3, 0.4) is 0 Å². The highest BCUT2D eigenvalue weighted by molar-refractivity contribution is 5.86. The van der Waals surface area contributed by atoms with E-state index in [4.69, 9.17) is 5.11 Å². The lowest BCUT2D eigenvalue weighted by Gasteiger charge is -1.99. The van der Waals surface area contributed by atoms with Gasteiger partial charge in [0.1, 0.15) is 6.61 Å². The van der Waals surface area contributed by atoms with Gasteiger partial charge in [-0.25, -0.2) is 4.79 Å². The summed E-state index contributed by atoms with van der Waals surface area (Å²) in [6.07, 6.45) is 0. The van der Waals surface area contributed by atoms with Gasteiger partial charge in [0.05, 0.1) is 6.61 Å². The van der Waals surface area contributed by atoms with Gasteiger partial charge in [-0.1, -0.05) is 12.2 Å². The average molecular weight is 186 g/mol. The van der Waals surface area contributed by atoms with Gasteiger partial charge >= 0.3 is 5.97 Å². The molecule has 0 amide bonds. The molecule has 0 atom stereocenters. The van der Waals surface area contributed by atoms with Crippen LogP contribution in [0, 0.1) is 0 Å². The van der Waals surface area contributed by atoms with Crippen molar-refractivity contribution >= 4 is 5.97 Å². The first kappa shape index (κ1) is 14.4. The molecule has 13 heavy (non-hydrogen) atoms. The van der Waals surface area contributed by atoms with Gasteiger partial charge in [-0.05, 0) is 20.8 Å². The summed E-state index contributed by atoms with van der Waals surface area (Å²) in [5.74, 6) is -0.455. The summed E-state index contributed by atoms with van der Waals surface area (Å²) >= 11 is 0. The Morgan fingerprint density at radius 3 is 1.92 bits per heavy atom. The van der Waals surface area contributed by atoms with E-state index in [0.29, 0.717) is 5.57 Å². The van der Waals surface area contributed by atoms with Crippen LogP contribution in [-0.2, 0) is 9.53 Å². The topological polar surface area (TPSA) is 46.5 Å². The Hall–Kier alpha value is -1.09. The van der Waals surface area contributed by atoms with E-state index >= 15 is 0 Å². The van der Waals surface area contributed by atoms with Crippen LogP contribution in [0.4, 0.5) is 0 Å². The largest absolute Gasteiger partial charge is 0.460 e. The minimum Gasteiger partial charge on any atom is -0.460 e. The second kappa shape index (κ2) is 9.00. The smallest absolute Gasteiger partial charge is 0.333 e. The van der Waals surface area contributed by atoms with E-state index in [1.165, 1.54) is 5.57 Å². The number of aliphatic hydroxyl groups is 1. The summed E-state index contributed by atoms with van der Waals surface area (Å²) in [7, 11) is 0. The third-order valence-corrected chi connectivity index (χ3v) is 0.673. The molecule has 0 radical (unpaired) electrons. The molecule has 0 heterocycles. The molecule has 1 N–H and O–H groups in total. The Balaban J connectivity index is 0. The first-order chi connectivity index (χ1) is 5.91. The number of hydrogen-bond acceptors (Lipinski definition) is 3. The van der Waals surface area contributed by atoms with Gasteiger partial charge in [0.15, 0.2) is 0 Å². The lowest BCUT2D eigenvalue weighted by atomic mass is 10.4. The summed E-state index contributed by atoms with van der Waals surface area (Å²) in [4.78, 5) is 10.5. The fourth-order valence-electron chi connectivity index (χ4n) is 0.262.